The molecule has 1 N–H and O–H groups in total. The number of carbonyl (C=O) groups is 1. The van der Waals surface area contributed by atoms with Gasteiger partial charge >= 0.3 is 0 Å². The van der Waals surface area contributed by atoms with Crippen molar-refractivity contribution in [2.24, 2.45) is 0 Å². The lowest BCUT2D eigenvalue weighted by Gasteiger charge is -2.32. The molecule has 0 radical (unpaired) electrons. The lowest BCUT2D eigenvalue weighted by molar-refractivity contribution is -0.131. The van der Waals surface area contributed by atoms with Gasteiger partial charge in [-0.05, 0) is 27.7 Å². The molecular weight excluding hydrogens is 228 g/mol. The average molecular weight is 248 g/mol. The van der Waals surface area contributed by atoms with Gasteiger partial charge in [-0.1, -0.05) is 0 Å². The summed E-state index contributed by atoms with van der Waals surface area (Å²) in [6.07, 6.45) is 0.260. The van der Waals surface area contributed by atoms with Crippen LogP contribution in [0.2, 0.25) is 0 Å². The Kier molecular flexibility index (Phi) is 3.64. The molecular formula is C10H20N2O3S. The maximum absolute atomic E-state index is 11.7. The number of carbonyl (C=O) groups excluding carboxylic acids is 1. The van der Waals surface area contributed by atoms with Gasteiger partial charge in [0.2, 0.25) is 15.9 Å². The highest BCUT2D eigenvalue weighted by Gasteiger charge is 2.37. The Morgan fingerprint density at radius 3 is 2.38 bits per heavy atom. The summed E-state index contributed by atoms with van der Waals surface area (Å²) < 4.78 is 25.3. The molecule has 1 heterocycles. The van der Waals surface area contributed by atoms with Crippen LogP contribution in [0.15, 0.2) is 0 Å². The molecule has 1 aliphatic rings. The van der Waals surface area contributed by atoms with Crippen LogP contribution < -0.4 is 4.72 Å². The molecule has 94 valence electrons. The van der Waals surface area contributed by atoms with Gasteiger partial charge in [0.25, 0.3) is 0 Å². The maximum Gasteiger partial charge on any atom is 0.224 e. The van der Waals surface area contributed by atoms with Gasteiger partial charge in [-0.25, -0.2) is 13.1 Å². The third-order valence-electron chi connectivity index (χ3n) is 2.66. The highest BCUT2D eigenvalue weighted by atomic mass is 32.2. The minimum absolute atomic E-state index is 0.0105. The molecule has 1 rings (SSSR count). The topological polar surface area (TPSA) is 66.5 Å². The summed E-state index contributed by atoms with van der Waals surface area (Å²) in [5.74, 6) is 0.0593. The second-order valence-corrected chi connectivity index (χ2v) is 7.14. The first-order chi connectivity index (χ1) is 7.15. The third-order valence-corrected chi connectivity index (χ3v) is 4.11. The van der Waals surface area contributed by atoms with E-state index in [1.165, 1.54) is 0 Å². The van der Waals surface area contributed by atoms with E-state index in [1.54, 1.807) is 11.8 Å². The van der Waals surface area contributed by atoms with Crippen LogP contribution in [0.3, 0.4) is 0 Å². The van der Waals surface area contributed by atoms with E-state index in [0.717, 1.165) is 0 Å². The minimum atomic E-state index is -3.22. The Balaban J connectivity index is 2.68. The molecule has 1 atom stereocenters. The second-order valence-electron chi connectivity index (χ2n) is 5.10. The van der Waals surface area contributed by atoms with E-state index in [2.05, 4.69) is 4.72 Å². The summed E-state index contributed by atoms with van der Waals surface area (Å²) in [5.41, 5.74) is -0.247. The van der Waals surface area contributed by atoms with Crippen LogP contribution in [0.25, 0.3) is 0 Å². The fraction of sp³-hybridized carbons (Fsp3) is 0.900. The van der Waals surface area contributed by atoms with Gasteiger partial charge in [0, 0.05) is 24.5 Å². The fourth-order valence-corrected chi connectivity index (χ4v) is 2.60. The molecule has 1 fully saturated rings. The van der Waals surface area contributed by atoms with Gasteiger partial charge in [-0.3, -0.25) is 4.79 Å². The monoisotopic (exact) mass is 248 g/mol. The van der Waals surface area contributed by atoms with Crippen molar-refractivity contribution in [3.05, 3.63) is 0 Å². The Bertz CT molecular complexity index is 370. The van der Waals surface area contributed by atoms with Gasteiger partial charge < -0.3 is 4.90 Å². The van der Waals surface area contributed by atoms with Gasteiger partial charge in [0.1, 0.15) is 0 Å². The zero-order valence-corrected chi connectivity index (χ0v) is 11.1. The molecule has 1 amide bonds. The molecule has 0 bridgehead atoms. The lowest BCUT2D eigenvalue weighted by Crippen LogP contribution is -2.44. The first kappa shape index (κ1) is 13.4. The zero-order valence-electron chi connectivity index (χ0n) is 10.3. The molecule has 1 aliphatic heterocycles. The predicted molar refractivity (Wildman–Crippen MR) is 62.5 cm³/mol. The second kappa shape index (κ2) is 4.33. The highest BCUT2D eigenvalue weighted by molar-refractivity contribution is 7.89. The van der Waals surface area contributed by atoms with Crippen LogP contribution >= 0.6 is 0 Å². The van der Waals surface area contributed by atoms with Gasteiger partial charge in [-0.2, -0.15) is 0 Å². The first-order valence-corrected chi connectivity index (χ1v) is 7.11. The third kappa shape index (κ3) is 3.18. The van der Waals surface area contributed by atoms with Crippen molar-refractivity contribution in [2.45, 2.75) is 45.7 Å². The minimum Gasteiger partial charge on any atom is -0.336 e. The van der Waals surface area contributed by atoms with Gasteiger partial charge in [0.05, 0.1) is 5.75 Å². The number of rotatable bonds is 3. The van der Waals surface area contributed by atoms with E-state index in [9.17, 15) is 13.2 Å². The molecule has 5 nitrogen and oxygen atoms in total. The number of amides is 1. The lowest BCUT2D eigenvalue weighted by atomic mass is 10.1. The zero-order chi connectivity index (χ0) is 12.6. The number of likely N-dealkylation sites (tertiary alicyclic amines) is 1. The number of nitrogens with one attached hydrogen (secondary N) is 1. The smallest absolute Gasteiger partial charge is 0.224 e. The molecule has 1 unspecified atom stereocenters. The van der Waals surface area contributed by atoms with Crippen molar-refractivity contribution in [2.75, 3.05) is 12.3 Å². The van der Waals surface area contributed by atoms with Crippen LogP contribution in [0.4, 0.5) is 0 Å². The van der Waals surface area contributed by atoms with Crippen molar-refractivity contribution < 1.29 is 13.2 Å². The molecule has 0 aromatic rings. The summed E-state index contributed by atoms with van der Waals surface area (Å²) in [6, 6.07) is -0.281. The van der Waals surface area contributed by atoms with Crippen molar-refractivity contribution in [1.29, 1.82) is 0 Å². The molecule has 0 aromatic carbocycles. The summed E-state index contributed by atoms with van der Waals surface area (Å²) >= 11 is 0. The highest BCUT2D eigenvalue weighted by Crippen LogP contribution is 2.22. The molecule has 0 aromatic heterocycles. The van der Waals surface area contributed by atoms with Crippen molar-refractivity contribution in [3.8, 4) is 0 Å². The summed E-state index contributed by atoms with van der Waals surface area (Å²) in [7, 11) is -3.22. The van der Waals surface area contributed by atoms with E-state index < -0.39 is 10.0 Å². The van der Waals surface area contributed by atoms with E-state index in [0.29, 0.717) is 6.54 Å². The van der Waals surface area contributed by atoms with Crippen LogP contribution in [-0.2, 0) is 14.8 Å². The number of hydrogen-bond acceptors (Lipinski definition) is 3. The van der Waals surface area contributed by atoms with Gasteiger partial charge in [-0.15, -0.1) is 0 Å². The van der Waals surface area contributed by atoms with E-state index >= 15 is 0 Å². The molecule has 0 saturated carbocycles. The molecule has 0 aliphatic carbocycles. The molecule has 16 heavy (non-hydrogen) atoms. The van der Waals surface area contributed by atoms with Crippen molar-refractivity contribution in [3.63, 3.8) is 0 Å². The number of hydrogen-bond donors (Lipinski definition) is 1. The number of nitrogens with zero attached hydrogens (tertiary/aromatic N) is 1. The quantitative estimate of drug-likeness (QED) is 0.782. The summed E-state index contributed by atoms with van der Waals surface area (Å²) in [6.45, 7) is 7.88. The first-order valence-electron chi connectivity index (χ1n) is 5.46. The maximum atomic E-state index is 11.7. The van der Waals surface area contributed by atoms with Gasteiger partial charge in [0.15, 0.2) is 0 Å². The Hall–Kier alpha value is -0.620. The van der Waals surface area contributed by atoms with Crippen LogP contribution in [-0.4, -0.2) is 43.1 Å². The van der Waals surface area contributed by atoms with E-state index in [1.807, 2.05) is 20.8 Å². The molecule has 1 saturated heterocycles. The Labute approximate surface area is 97.2 Å². The normalized spacial score (nSPS) is 22.9. The van der Waals surface area contributed by atoms with Crippen LogP contribution in [0.1, 0.15) is 34.1 Å². The van der Waals surface area contributed by atoms with E-state index in [4.69, 9.17) is 0 Å². The predicted octanol–water partition coefficient (Wildman–Crippen LogP) is 0.325. The SMILES string of the molecule is CCS(=O)(=O)NC1CC(=O)N(C(C)(C)C)C1. The van der Waals surface area contributed by atoms with Crippen molar-refractivity contribution >= 4 is 15.9 Å². The fourth-order valence-electron chi connectivity index (χ4n) is 1.77. The molecule has 0 spiro atoms. The van der Waals surface area contributed by atoms with Crippen molar-refractivity contribution in [1.82, 2.24) is 9.62 Å². The Morgan fingerprint density at radius 2 is 2.00 bits per heavy atom. The van der Waals surface area contributed by atoms with Crippen LogP contribution in [0.5, 0.6) is 0 Å². The van der Waals surface area contributed by atoms with E-state index in [-0.39, 0.29) is 29.7 Å². The van der Waals surface area contributed by atoms with Crippen LogP contribution in [0, 0.1) is 0 Å². The average Bonchev–Trinajstić information content (AvgIpc) is 2.45. The largest absolute Gasteiger partial charge is 0.336 e. The standard InChI is InChI=1S/C10H20N2O3S/c1-5-16(14,15)11-8-6-9(13)12(7-8)10(2,3)4/h8,11H,5-7H2,1-4H3. The summed E-state index contributed by atoms with van der Waals surface area (Å²) in [5, 5.41) is 0. The summed E-state index contributed by atoms with van der Waals surface area (Å²) in [4.78, 5) is 13.4. The molecule has 6 heteroatoms. The number of sulfonamides is 1. The Morgan fingerprint density at radius 1 is 1.44 bits per heavy atom.